The van der Waals surface area contributed by atoms with Crippen LogP contribution in [0.2, 0.25) is 0 Å². The molecule has 1 fully saturated rings. The number of nitrogens with one attached hydrogen (secondary N) is 4. The van der Waals surface area contributed by atoms with E-state index in [-0.39, 0.29) is 17.9 Å². The number of aromatic nitrogens is 3. The smallest absolute Gasteiger partial charge is 0.251 e. The van der Waals surface area contributed by atoms with E-state index in [4.69, 9.17) is 19.4 Å². The van der Waals surface area contributed by atoms with Gasteiger partial charge < -0.3 is 35.3 Å². The molecule has 1 saturated heterocycles. The van der Waals surface area contributed by atoms with Crippen LogP contribution in [0.5, 0.6) is 11.6 Å². The van der Waals surface area contributed by atoms with Crippen molar-refractivity contribution in [3.05, 3.63) is 59.8 Å². The van der Waals surface area contributed by atoms with E-state index in [1.807, 2.05) is 46.1 Å². The zero-order chi connectivity index (χ0) is 29.3. The summed E-state index contributed by atoms with van der Waals surface area (Å²) >= 11 is 0. The monoisotopic (exact) mass is 557 g/mol. The number of amides is 2. The minimum Gasteiger partial charge on any atom is -0.495 e. The predicted octanol–water partition coefficient (Wildman–Crippen LogP) is 3.96. The van der Waals surface area contributed by atoms with Crippen LogP contribution < -0.4 is 25.4 Å². The quantitative estimate of drug-likeness (QED) is 0.256. The second-order valence-corrected chi connectivity index (χ2v) is 11.1. The minimum atomic E-state index is -0.530. The molecule has 0 radical (unpaired) electrons. The van der Waals surface area contributed by atoms with Crippen molar-refractivity contribution < 1.29 is 19.1 Å². The number of carbonyl (C=O) groups is 2. The molecule has 1 aliphatic heterocycles. The predicted molar refractivity (Wildman–Crippen MR) is 158 cm³/mol. The molecular weight excluding hydrogens is 522 g/mol. The number of hydrogen-bond acceptors (Lipinski definition) is 8. The number of anilines is 2. The minimum absolute atomic E-state index is 0.145. The number of benzene rings is 2. The van der Waals surface area contributed by atoms with Gasteiger partial charge in [0.1, 0.15) is 17.0 Å². The molecule has 11 heteroatoms. The number of ether oxygens (including phenoxy) is 2. The Kier molecular flexibility index (Phi) is 7.55. The maximum atomic E-state index is 12.7. The van der Waals surface area contributed by atoms with Crippen LogP contribution in [-0.2, 0) is 0 Å². The van der Waals surface area contributed by atoms with Gasteiger partial charge in [-0.3, -0.25) is 9.59 Å². The van der Waals surface area contributed by atoms with Gasteiger partial charge in [-0.2, -0.15) is 9.97 Å². The van der Waals surface area contributed by atoms with Crippen LogP contribution in [-0.4, -0.2) is 77.6 Å². The molecule has 4 aromatic rings. The molecule has 41 heavy (non-hydrogen) atoms. The number of fused-ring (bicyclic) bond motifs is 1. The van der Waals surface area contributed by atoms with Crippen LogP contribution in [0, 0.1) is 0 Å². The molecule has 2 aromatic carbocycles. The third-order valence-electron chi connectivity index (χ3n) is 6.70. The van der Waals surface area contributed by atoms with Crippen LogP contribution >= 0.6 is 0 Å². The highest BCUT2D eigenvalue weighted by Crippen LogP contribution is 2.37. The van der Waals surface area contributed by atoms with Crippen molar-refractivity contribution in [2.24, 2.45) is 0 Å². The number of methoxy groups -OCH3 is 1. The molecule has 0 atom stereocenters. The van der Waals surface area contributed by atoms with Gasteiger partial charge in [0.25, 0.3) is 11.8 Å². The lowest BCUT2D eigenvalue weighted by molar-refractivity contribution is 0.0856. The Balaban J connectivity index is 1.46. The number of H-pyrrole nitrogens is 1. The van der Waals surface area contributed by atoms with Gasteiger partial charge in [0.2, 0.25) is 11.8 Å². The average Bonchev–Trinajstić information content (AvgIpc) is 3.35. The van der Waals surface area contributed by atoms with Gasteiger partial charge in [0.15, 0.2) is 0 Å². The Morgan fingerprint density at radius 2 is 1.73 bits per heavy atom. The number of aromatic amines is 1. The van der Waals surface area contributed by atoms with Crippen molar-refractivity contribution in [2.75, 3.05) is 39.6 Å². The fourth-order valence-corrected chi connectivity index (χ4v) is 4.71. The maximum Gasteiger partial charge on any atom is 0.251 e. The Morgan fingerprint density at radius 1 is 1.02 bits per heavy atom. The summed E-state index contributed by atoms with van der Waals surface area (Å²) in [6.07, 6.45) is 1.85. The first-order valence-corrected chi connectivity index (χ1v) is 13.4. The molecule has 0 unspecified atom stereocenters. The molecule has 5 rings (SSSR count). The van der Waals surface area contributed by atoms with E-state index in [9.17, 15) is 9.59 Å². The fourth-order valence-electron chi connectivity index (χ4n) is 4.71. The summed E-state index contributed by atoms with van der Waals surface area (Å²) in [6, 6.07) is 12.7. The molecule has 2 amide bonds. The first kappa shape index (κ1) is 27.9. The summed E-state index contributed by atoms with van der Waals surface area (Å²) in [4.78, 5) is 39.5. The molecule has 214 valence electrons. The molecule has 0 saturated carbocycles. The van der Waals surface area contributed by atoms with Crippen LogP contribution in [0.3, 0.4) is 0 Å². The highest BCUT2D eigenvalue weighted by Gasteiger charge is 2.26. The molecule has 1 aliphatic rings. The van der Waals surface area contributed by atoms with Crippen LogP contribution in [0.4, 0.5) is 11.6 Å². The van der Waals surface area contributed by atoms with E-state index >= 15 is 0 Å². The summed E-state index contributed by atoms with van der Waals surface area (Å²) in [5.41, 5.74) is 3.45. The van der Waals surface area contributed by atoms with Crippen LogP contribution in [0.1, 0.15) is 41.5 Å². The van der Waals surface area contributed by atoms with Crippen LogP contribution in [0.15, 0.2) is 48.7 Å². The zero-order valence-corrected chi connectivity index (χ0v) is 24.1. The number of nitrogens with zero attached hydrogens (tertiary/aromatic N) is 3. The standard InChI is InChI=1S/C30H35N7O4/c1-30(2,3)41-28-24-21(17-7-9-18(10-8-17)26(38)31-4)14-32-25(24)35-29(36-28)34-22-12-11-19(13-23(22)40-6)27(39)33-20-15-37(5)16-20/h7-14,20H,15-16H2,1-6H3,(H,31,38)(H,33,39)(H2,32,34,35,36). The summed E-state index contributed by atoms with van der Waals surface area (Å²) in [5, 5.41) is 9.62. The SMILES string of the molecule is CNC(=O)c1ccc(-c2c[nH]c3nc(Nc4ccc(C(=O)NC5CN(C)C5)cc4OC)nc(OC(C)(C)C)c23)cc1. The third-order valence-corrected chi connectivity index (χ3v) is 6.70. The van der Waals surface area contributed by atoms with Crippen molar-refractivity contribution in [1.82, 2.24) is 30.5 Å². The van der Waals surface area contributed by atoms with E-state index in [1.54, 1.807) is 44.5 Å². The van der Waals surface area contributed by atoms with Gasteiger partial charge >= 0.3 is 0 Å². The molecule has 3 heterocycles. The van der Waals surface area contributed by atoms with Crippen molar-refractivity contribution in [1.29, 1.82) is 0 Å². The first-order valence-electron chi connectivity index (χ1n) is 13.4. The van der Waals surface area contributed by atoms with E-state index in [0.717, 1.165) is 29.6 Å². The topological polar surface area (TPSA) is 134 Å². The third kappa shape index (κ3) is 6.09. The van der Waals surface area contributed by atoms with E-state index in [1.165, 1.54) is 0 Å². The second-order valence-electron chi connectivity index (χ2n) is 11.1. The van der Waals surface area contributed by atoms with Crippen molar-refractivity contribution in [3.8, 4) is 22.8 Å². The zero-order valence-electron chi connectivity index (χ0n) is 24.1. The van der Waals surface area contributed by atoms with E-state index in [2.05, 4.69) is 25.8 Å². The van der Waals surface area contributed by atoms with Crippen molar-refractivity contribution in [3.63, 3.8) is 0 Å². The highest BCUT2D eigenvalue weighted by atomic mass is 16.5. The fraction of sp³-hybridized carbons (Fsp3) is 0.333. The molecule has 11 nitrogen and oxygen atoms in total. The highest BCUT2D eigenvalue weighted by molar-refractivity contribution is 5.99. The Labute approximate surface area is 238 Å². The molecule has 0 spiro atoms. The summed E-state index contributed by atoms with van der Waals surface area (Å²) in [5.74, 6) is 0.884. The van der Waals surface area contributed by atoms with Gasteiger partial charge in [-0.15, -0.1) is 0 Å². The second kappa shape index (κ2) is 11.1. The van der Waals surface area contributed by atoms with Gasteiger partial charge in [-0.25, -0.2) is 0 Å². The summed E-state index contributed by atoms with van der Waals surface area (Å²) in [7, 11) is 5.17. The lowest BCUT2D eigenvalue weighted by Crippen LogP contribution is -2.57. The normalized spacial score (nSPS) is 13.9. The van der Waals surface area contributed by atoms with E-state index in [0.29, 0.717) is 40.0 Å². The van der Waals surface area contributed by atoms with Gasteiger partial charge in [0, 0.05) is 43.0 Å². The number of likely N-dealkylation sites (tertiary alicyclic amines) is 1. The van der Waals surface area contributed by atoms with Gasteiger partial charge in [-0.05, 0) is 63.7 Å². The molecule has 0 aliphatic carbocycles. The Morgan fingerprint density at radius 3 is 2.37 bits per heavy atom. The molecular formula is C30H35N7O4. The molecule has 0 bridgehead atoms. The molecule has 2 aromatic heterocycles. The Bertz CT molecular complexity index is 1590. The molecule has 4 N–H and O–H groups in total. The lowest BCUT2D eigenvalue weighted by atomic mass is 10.0. The number of rotatable bonds is 8. The average molecular weight is 558 g/mol. The maximum absolute atomic E-state index is 12.7. The number of likely N-dealkylation sites (N-methyl/N-ethyl adjacent to an activating group) is 1. The summed E-state index contributed by atoms with van der Waals surface area (Å²) < 4.78 is 11.9. The largest absolute Gasteiger partial charge is 0.495 e. The van der Waals surface area contributed by atoms with Crippen molar-refractivity contribution in [2.45, 2.75) is 32.4 Å². The van der Waals surface area contributed by atoms with Crippen LogP contribution in [0.25, 0.3) is 22.2 Å². The number of hydrogen-bond donors (Lipinski definition) is 4. The van der Waals surface area contributed by atoms with Crippen molar-refractivity contribution >= 4 is 34.5 Å². The lowest BCUT2D eigenvalue weighted by Gasteiger charge is -2.36. The number of carbonyl (C=O) groups excluding carboxylic acids is 2. The van der Waals surface area contributed by atoms with E-state index < -0.39 is 5.60 Å². The first-order chi connectivity index (χ1) is 19.5. The van der Waals surface area contributed by atoms with Gasteiger partial charge in [-0.1, -0.05) is 12.1 Å². The van der Waals surface area contributed by atoms with Gasteiger partial charge in [0.05, 0.1) is 24.2 Å². The summed E-state index contributed by atoms with van der Waals surface area (Å²) in [6.45, 7) is 7.53. The Hall–Kier alpha value is -4.64.